The fourth-order valence-corrected chi connectivity index (χ4v) is 4.67. The minimum absolute atomic E-state index is 0.172. The molecule has 2 fully saturated rings. The summed E-state index contributed by atoms with van der Waals surface area (Å²) in [7, 11) is 2.14. The van der Waals surface area contributed by atoms with Crippen molar-refractivity contribution < 1.29 is 9.59 Å². The number of carbonyl (C=O) groups excluding carboxylic acids is 2. The van der Waals surface area contributed by atoms with Gasteiger partial charge in [0.05, 0.1) is 16.9 Å². The molecule has 0 bridgehead atoms. The van der Waals surface area contributed by atoms with E-state index in [1.807, 2.05) is 4.90 Å². The van der Waals surface area contributed by atoms with Crippen molar-refractivity contribution in [3.63, 3.8) is 0 Å². The number of amides is 3. The number of pyridine rings is 1. The van der Waals surface area contributed by atoms with Gasteiger partial charge in [-0.3, -0.25) is 4.79 Å². The Labute approximate surface area is 174 Å². The number of aromatic nitrogens is 1. The lowest BCUT2D eigenvalue weighted by molar-refractivity contribution is -0.0141. The van der Waals surface area contributed by atoms with E-state index < -0.39 is 0 Å². The fraction of sp³-hybridized carbons (Fsp3) is 0.381. The van der Waals surface area contributed by atoms with Gasteiger partial charge in [-0.15, -0.1) is 0 Å². The number of carbonyl (C=O) groups is 2. The number of hydrogen-bond donors (Lipinski definition) is 1. The summed E-state index contributed by atoms with van der Waals surface area (Å²) < 4.78 is 0. The molecule has 1 aromatic carbocycles. The van der Waals surface area contributed by atoms with E-state index in [9.17, 15) is 9.59 Å². The summed E-state index contributed by atoms with van der Waals surface area (Å²) in [5.41, 5.74) is 1.58. The highest BCUT2D eigenvalue weighted by molar-refractivity contribution is 6.31. The molecule has 1 N–H and O–H groups in total. The van der Waals surface area contributed by atoms with Gasteiger partial charge >= 0.3 is 6.03 Å². The first-order chi connectivity index (χ1) is 14.0. The molecule has 0 radical (unpaired) electrons. The van der Waals surface area contributed by atoms with Gasteiger partial charge in [0, 0.05) is 29.7 Å². The number of rotatable bonds is 0. The smallest absolute Gasteiger partial charge is 0.323 e. The monoisotopic (exact) mass is 411 g/mol. The summed E-state index contributed by atoms with van der Waals surface area (Å²) in [5.74, 6) is 0.132. The molecule has 0 atom stereocenters. The molecule has 150 valence electrons. The van der Waals surface area contributed by atoms with Crippen molar-refractivity contribution in [3.8, 4) is 0 Å². The number of likely N-dealkylation sites (tertiary alicyclic amines) is 2. The third kappa shape index (κ3) is 3.05. The highest BCUT2D eigenvalue weighted by Gasteiger charge is 2.48. The van der Waals surface area contributed by atoms with E-state index in [2.05, 4.69) is 22.2 Å². The first-order valence-electron chi connectivity index (χ1n) is 9.79. The van der Waals surface area contributed by atoms with Crippen LogP contribution in [0.1, 0.15) is 23.2 Å². The molecule has 0 saturated carbocycles. The van der Waals surface area contributed by atoms with Crippen LogP contribution in [-0.2, 0) is 0 Å². The Hall–Kier alpha value is -2.64. The molecular weight excluding hydrogens is 390 g/mol. The van der Waals surface area contributed by atoms with Crippen molar-refractivity contribution in [1.82, 2.24) is 14.8 Å². The minimum atomic E-state index is -0.281. The molecule has 2 saturated heterocycles. The lowest BCUT2D eigenvalue weighted by Crippen LogP contribution is -2.63. The average molecular weight is 412 g/mol. The van der Waals surface area contributed by atoms with Crippen LogP contribution in [0.5, 0.6) is 0 Å². The standard InChI is InChI=1S/C21H22ClN5O2/c1-25-9-6-21(7-10-25)12-26(13-21)20(29)27-17-11-14(22)4-5-15(17)19(28)24-16-3-2-8-23-18(16)27/h2-5,8,11H,6-7,9-10,12-13H2,1H3,(H,24,28). The van der Waals surface area contributed by atoms with Crippen LogP contribution in [0.4, 0.5) is 22.0 Å². The summed E-state index contributed by atoms with van der Waals surface area (Å²) in [6.07, 6.45) is 3.82. The van der Waals surface area contributed by atoms with Gasteiger partial charge in [0.25, 0.3) is 5.91 Å². The molecule has 3 aliphatic heterocycles. The van der Waals surface area contributed by atoms with Crippen molar-refractivity contribution in [3.05, 3.63) is 47.1 Å². The molecule has 3 aliphatic rings. The predicted octanol–water partition coefficient (Wildman–Crippen LogP) is 3.59. The maximum Gasteiger partial charge on any atom is 0.330 e. The molecular formula is C21H22ClN5O2. The van der Waals surface area contributed by atoms with E-state index in [4.69, 9.17) is 11.6 Å². The normalized spacial score (nSPS) is 20.4. The predicted molar refractivity (Wildman–Crippen MR) is 112 cm³/mol. The summed E-state index contributed by atoms with van der Waals surface area (Å²) in [6.45, 7) is 3.59. The number of halogens is 1. The second kappa shape index (κ2) is 6.71. The lowest BCUT2D eigenvalue weighted by atomic mass is 9.72. The first-order valence-corrected chi connectivity index (χ1v) is 10.2. The van der Waals surface area contributed by atoms with Crippen molar-refractivity contribution in [2.24, 2.45) is 5.41 Å². The molecule has 8 heteroatoms. The largest absolute Gasteiger partial charge is 0.330 e. The molecule has 4 heterocycles. The number of fused-ring (bicyclic) bond motifs is 2. The van der Waals surface area contributed by atoms with Crippen LogP contribution < -0.4 is 10.2 Å². The van der Waals surface area contributed by atoms with E-state index in [1.54, 1.807) is 36.5 Å². The van der Waals surface area contributed by atoms with Gasteiger partial charge in [-0.05, 0) is 63.3 Å². The Morgan fingerprint density at radius 1 is 1.21 bits per heavy atom. The number of piperidine rings is 1. The quantitative estimate of drug-likeness (QED) is 0.719. The van der Waals surface area contributed by atoms with Crippen molar-refractivity contribution >= 4 is 40.7 Å². The highest BCUT2D eigenvalue weighted by atomic mass is 35.5. The Morgan fingerprint density at radius 2 is 1.97 bits per heavy atom. The van der Waals surface area contributed by atoms with Crippen molar-refractivity contribution in [1.29, 1.82) is 0 Å². The zero-order chi connectivity index (χ0) is 20.2. The van der Waals surface area contributed by atoms with Crippen LogP contribution >= 0.6 is 11.6 Å². The number of nitrogens with zero attached hydrogens (tertiary/aromatic N) is 4. The Kier molecular flexibility index (Phi) is 4.26. The molecule has 29 heavy (non-hydrogen) atoms. The number of urea groups is 1. The maximum absolute atomic E-state index is 13.6. The first kappa shape index (κ1) is 18.4. The molecule has 7 nitrogen and oxygen atoms in total. The van der Waals surface area contributed by atoms with E-state index in [-0.39, 0.29) is 17.4 Å². The molecule has 5 rings (SSSR count). The van der Waals surface area contributed by atoms with Crippen LogP contribution in [0, 0.1) is 5.41 Å². The molecule has 2 aromatic rings. The number of hydrogen-bond acceptors (Lipinski definition) is 4. The number of anilines is 3. The Bertz CT molecular complexity index is 994. The molecule has 0 aliphatic carbocycles. The fourth-order valence-electron chi connectivity index (χ4n) is 4.50. The summed E-state index contributed by atoms with van der Waals surface area (Å²) in [6, 6.07) is 8.28. The van der Waals surface area contributed by atoms with Crippen molar-refractivity contribution in [2.45, 2.75) is 12.8 Å². The van der Waals surface area contributed by atoms with Crippen molar-refractivity contribution in [2.75, 3.05) is 43.4 Å². The zero-order valence-electron chi connectivity index (χ0n) is 16.2. The Balaban J connectivity index is 1.51. The average Bonchev–Trinajstić information content (AvgIpc) is 2.80. The summed E-state index contributed by atoms with van der Waals surface area (Å²) in [5, 5.41) is 3.32. The number of benzene rings is 1. The van der Waals surface area contributed by atoms with Gasteiger partial charge in [0.1, 0.15) is 0 Å². The van der Waals surface area contributed by atoms with E-state index in [0.29, 0.717) is 27.8 Å². The molecule has 1 spiro atoms. The van der Waals surface area contributed by atoms with Gasteiger partial charge in [0.2, 0.25) is 0 Å². The summed E-state index contributed by atoms with van der Waals surface area (Å²) in [4.78, 5) is 36.4. The summed E-state index contributed by atoms with van der Waals surface area (Å²) >= 11 is 6.22. The molecule has 1 aromatic heterocycles. The van der Waals surface area contributed by atoms with Gasteiger partial charge in [-0.25, -0.2) is 14.7 Å². The van der Waals surface area contributed by atoms with Gasteiger partial charge in [0.15, 0.2) is 5.82 Å². The van der Waals surface area contributed by atoms with Crippen LogP contribution in [0.25, 0.3) is 0 Å². The number of nitrogens with one attached hydrogen (secondary N) is 1. The van der Waals surface area contributed by atoms with Crippen LogP contribution in [0.3, 0.4) is 0 Å². The second-order valence-electron chi connectivity index (χ2n) is 8.27. The van der Waals surface area contributed by atoms with Gasteiger partial charge in [-0.2, -0.15) is 0 Å². The second-order valence-corrected chi connectivity index (χ2v) is 8.70. The van der Waals surface area contributed by atoms with E-state index in [1.165, 1.54) is 4.90 Å². The minimum Gasteiger partial charge on any atom is -0.323 e. The third-order valence-electron chi connectivity index (χ3n) is 6.25. The van der Waals surface area contributed by atoms with Crippen LogP contribution in [0.2, 0.25) is 5.02 Å². The van der Waals surface area contributed by atoms with Crippen LogP contribution in [-0.4, -0.2) is 59.9 Å². The molecule has 3 amide bonds. The highest BCUT2D eigenvalue weighted by Crippen LogP contribution is 2.43. The van der Waals surface area contributed by atoms with Gasteiger partial charge in [-0.1, -0.05) is 11.6 Å². The lowest BCUT2D eigenvalue weighted by Gasteiger charge is -2.54. The Morgan fingerprint density at radius 3 is 2.72 bits per heavy atom. The van der Waals surface area contributed by atoms with Gasteiger partial charge < -0.3 is 15.1 Å². The third-order valence-corrected chi connectivity index (χ3v) is 6.49. The SMILES string of the molecule is CN1CCC2(CC1)CN(C(=O)N1c3cc(Cl)ccc3C(=O)Nc3cccnc31)C2. The maximum atomic E-state index is 13.6. The zero-order valence-corrected chi connectivity index (χ0v) is 16.9. The topological polar surface area (TPSA) is 68.8 Å². The van der Waals surface area contributed by atoms with Crippen LogP contribution in [0.15, 0.2) is 36.5 Å². The molecule has 0 unspecified atom stereocenters. The van der Waals surface area contributed by atoms with E-state index in [0.717, 1.165) is 39.0 Å². The van der Waals surface area contributed by atoms with E-state index >= 15 is 0 Å².